The van der Waals surface area contributed by atoms with E-state index < -0.39 is 0 Å². The molecule has 0 saturated carbocycles. The fourth-order valence-corrected chi connectivity index (χ4v) is 4.25. The Morgan fingerprint density at radius 3 is 2.43 bits per heavy atom. The molecule has 1 N–H and O–H groups in total. The van der Waals surface area contributed by atoms with Crippen LogP contribution in [-0.4, -0.2) is 15.5 Å². The lowest BCUT2D eigenvalue weighted by Crippen LogP contribution is -2.22. The first kappa shape index (κ1) is 19.0. The summed E-state index contributed by atoms with van der Waals surface area (Å²) in [6.45, 7) is 0. The van der Waals surface area contributed by atoms with E-state index in [0.717, 1.165) is 20.2 Å². The maximum absolute atomic E-state index is 13.4. The number of benzene rings is 3. The van der Waals surface area contributed by atoms with Gasteiger partial charge in [0.1, 0.15) is 5.82 Å². The Bertz CT molecular complexity index is 1430. The first-order valence-corrected chi connectivity index (χ1v) is 10.7. The molecule has 1 aliphatic rings. The van der Waals surface area contributed by atoms with Gasteiger partial charge in [0.05, 0.1) is 22.2 Å². The largest absolute Gasteiger partial charge is 0.321 e. The van der Waals surface area contributed by atoms with Crippen LogP contribution in [0.4, 0.5) is 5.69 Å². The quantitative estimate of drug-likeness (QED) is 0.358. The number of carbonyl (C=O) groups excluding carboxylic acids is 1. The van der Waals surface area contributed by atoms with Crippen molar-refractivity contribution < 1.29 is 4.79 Å². The highest BCUT2D eigenvalue weighted by Gasteiger charge is 2.25. The number of aromatic nitrogens is 2. The van der Waals surface area contributed by atoms with Gasteiger partial charge >= 0.3 is 0 Å². The average Bonchev–Trinajstić information content (AvgIpc) is 3.04. The predicted molar refractivity (Wildman–Crippen MR) is 126 cm³/mol. The first-order chi connectivity index (χ1) is 14.5. The number of hydrogen-bond donors (Lipinski definition) is 1. The van der Waals surface area contributed by atoms with E-state index in [1.807, 2.05) is 54.6 Å². The summed E-state index contributed by atoms with van der Waals surface area (Å²) in [6, 6.07) is 20.3. The minimum atomic E-state index is -0.229. The van der Waals surface area contributed by atoms with Crippen LogP contribution in [-0.2, 0) is 4.79 Å². The first-order valence-electron chi connectivity index (χ1n) is 9.12. The van der Waals surface area contributed by atoms with E-state index in [9.17, 15) is 9.59 Å². The molecule has 1 aromatic heterocycles. The van der Waals surface area contributed by atoms with Gasteiger partial charge in [-0.25, -0.2) is 4.98 Å². The Morgan fingerprint density at radius 1 is 0.900 bits per heavy atom. The van der Waals surface area contributed by atoms with Crippen molar-refractivity contribution >= 4 is 66.0 Å². The van der Waals surface area contributed by atoms with Crippen LogP contribution in [0.3, 0.4) is 0 Å². The third kappa shape index (κ3) is 3.20. The molecule has 2 heterocycles. The van der Waals surface area contributed by atoms with E-state index in [0.29, 0.717) is 28.0 Å². The summed E-state index contributed by atoms with van der Waals surface area (Å²) >= 11 is 6.88. The molecule has 1 amide bonds. The molecule has 30 heavy (non-hydrogen) atoms. The summed E-state index contributed by atoms with van der Waals surface area (Å²) in [6.07, 6.45) is 1.67. The maximum atomic E-state index is 13.4. The molecular weight excluding hydrogens is 510 g/mol. The predicted octanol–water partition coefficient (Wildman–Crippen LogP) is 5.40. The van der Waals surface area contributed by atoms with Crippen LogP contribution < -0.4 is 10.9 Å². The van der Waals surface area contributed by atoms with Crippen LogP contribution in [0.25, 0.3) is 28.2 Å². The zero-order valence-electron chi connectivity index (χ0n) is 15.4. The molecule has 0 fully saturated rings. The lowest BCUT2D eigenvalue weighted by atomic mass is 10.1. The second kappa shape index (κ2) is 7.34. The number of carbonyl (C=O) groups is 1. The number of halogens is 2. The third-order valence-electron chi connectivity index (χ3n) is 4.91. The van der Waals surface area contributed by atoms with Crippen LogP contribution in [0.15, 0.2) is 80.5 Å². The van der Waals surface area contributed by atoms with Gasteiger partial charge in [0.25, 0.3) is 11.5 Å². The lowest BCUT2D eigenvalue weighted by molar-refractivity contribution is -0.110. The SMILES string of the molecule is O=C1Nc2ccc(Br)cc2C1=Cc1nc2ccc(Br)cc2c(=O)n1-c1ccccc1. The minimum absolute atomic E-state index is 0.202. The second-order valence-electron chi connectivity index (χ2n) is 6.81. The summed E-state index contributed by atoms with van der Waals surface area (Å²) in [5, 5.41) is 3.36. The van der Waals surface area contributed by atoms with Gasteiger partial charge in [0.2, 0.25) is 0 Å². The number of nitrogens with zero attached hydrogens (tertiary/aromatic N) is 2. The molecule has 7 heteroatoms. The van der Waals surface area contributed by atoms with E-state index >= 15 is 0 Å². The van der Waals surface area contributed by atoms with Crippen molar-refractivity contribution in [1.82, 2.24) is 9.55 Å². The van der Waals surface area contributed by atoms with Crippen LogP contribution in [0.1, 0.15) is 11.4 Å². The third-order valence-corrected chi connectivity index (χ3v) is 5.90. The van der Waals surface area contributed by atoms with Crippen LogP contribution >= 0.6 is 31.9 Å². The second-order valence-corrected chi connectivity index (χ2v) is 8.64. The summed E-state index contributed by atoms with van der Waals surface area (Å²) in [5.74, 6) is 0.159. The highest BCUT2D eigenvalue weighted by atomic mass is 79.9. The van der Waals surface area contributed by atoms with Crippen molar-refractivity contribution in [2.24, 2.45) is 0 Å². The number of hydrogen-bond acceptors (Lipinski definition) is 3. The summed E-state index contributed by atoms with van der Waals surface area (Å²) in [5.41, 5.74) is 2.99. The molecule has 1 aliphatic heterocycles. The van der Waals surface area contributed by atoms with Crippen LogP contribution in [0.2, 0.25) is 0 Å². The van der Waals surface area contributed by atoms with Gasteiger partial charge in [-0.15, -0.1) is 0 Å². The van der Waals surface area contributed by atoms with E-state index in [1.165, 1.54) is 4.57 Å². The summed E-state index contributed by atoms with van der Waals surface area (Å²) in [4.78, 5) is 30.8. The van der Waals surface area contributed by atoms with E-state index in [-0.39, 0.29) is 11.5 Å². The van der Waals surface area contributed by atoms with Gasteiger partial charge in [-0.3, -0.25) is 14.2 Å². The van der Waals surface area contributed by atoms with E-state index in [4.69, 9.17) is 4.98 Å². The zero-order chi connectivity index (χ0) is 20.8. The summed E-state index contributed by atoms with van der Waals surface area (Å²) < 4.78 is 3.19. The molecule has 5 nitrogen and oxygen atoms in total. The molecule has 0 spiro atoms. The number of fused-ring (bicyclic) bond motifs is 2. The summed E-state index contributed by atoms with van der Waals surface area (Å²) in [7, 11) is 0. The number of anilines is 1. The number of amides is 1. The molecule has 4 aromatic rings. The fraction of sp³-hybridized carbons (Fsp3) is 0. The topological polar surface area (TPSA) is 64.0 Å². The van der Waals surface area contributed by atoms with Crippen molar-refractivity contribution in [3.8, 4) is 5.69 Å². The van der Waals surface area contributed by atoms with Gasteiger partial charge in [-0.2, -0.15) is 0 Å². The zero-order valence-corrected chi connectivity index (χ0v) is 18.6. The van der Waals surface area contributed by atoms with Crippen LogP contribution in [0, 0.1) is 0 Å². The Morgan fingerprint density at radius 2 is 1.63 bits per heavy atom. The Labute approximate surface area is 188 Å². The Balaban J connectivity index is 1.83. The maximum Gasteiger partial charge on any atom is 0.266 e. The van der Waals surface area contributed by atoms with Gasteiger partial charge in [0.15, 0.2) is 0 Å². The molecule has 0 radical (unpaired) electrons. The standard InChI is InChI=1S/C23H13Br2N3O2/c24-13-6-8-19-16(10-13)17(22(29)27-19)12-21-26-20-9-7-14(25)11-18(20)23(30)28(21)15-4-2-1-3-5-15/h1-12H,(H,27,29). The molecule has 0 saturated heterocycles. The van der Waals surface area contributed by atoms with E-state index in [1.54, 1.807) is 18.2 Å². The molecule has 5 rings (SSSR count). The Kier molecular flexibility index (Phi) is 4.64. The lowest BCUT2D eigenvalue weighted by Gasteiger charge is -2.12. The molecule has 146 valence electrons. The van der Waals surface area contributed by atoms with Gasteiger partial charge in [-0.1, -0.05) is 50.1 Å². The molecule has 0 unspecified atom stereocenters. The Hall–Kier alpha value is -3.03. The highest BCUT2D eigenvalue weighted by molar-refractivity contribution is 9.10. The average molecular weight is 523 g/mol. The fourth-order valence-electron chi connectivity index (χ4n) is 3.53. The van der Waals surface area contributed by atoms with Crippen molar-refractivity contribution in [1.29, 1.82) is 0 Å². The minimum Gasteiger partial charge on any atom is -0.321 e. The number of para-hydroxylation sites is 1. The van der Waals surface area contributed by atoms with Gasteiger partial charge < -0.3 is 5.32 Å². The number of nitrogens with one attached hydrogen (secondary N) is 1. The highest BCUT2D eigenvalue weighted by Crippen LogP contribution is 2.35. The van der Waals surface area contributed by atoms with Crippen molar-refractivity contribution in [2.45, 2.75) is 0 Å². The van der Waals surface area contributed by atoms with E-state index in [2.05, 4.69) is 37.2 Å². The molecule has 0 bridgehead atoms. The smallest absolute Gasteiger partial charge is 0.266 e. The molecule has 0 atom stereocenters. The van der Waals surface area contributed by atoms with Crippen molar-refractivity contribution in [3.63, 3.8) is 0 Å². The van der Waals surface area contributed by atoms with Crippen LogP contribution in [0.5, 0.6) is 0 Å². The normalized spacial score (nSPS) is 14.2. The molecular formula is C23H13Br2N3O2. The molecule has 3 aromatic carbocycles. The number of rotatable bonds is 2. The van der Waals surface area contributed by atoms with Gasteiger partial charge in [0, 0.05) is 20.2 Å². The molecule has 0 aliphatic carbocycles. The van der Waals surface area contributed by atoms with Crippen molar-refractivity contribution in [2.75, 3.05) is 5.32 Å². The van der Waals surface area contributed by atoms with Crippen molar-refractivity contribution in [3.05, 3.63) is 97.4 Å². The monoisotopic (exact) mass is 521 g/mol. The van der Waals surface area contributed by atoms with Gasteiger partial charge in [-0.05, 0) is 54.6 Å².